The molecule has 2 aromatic rings. The number of nitrogens with zero attached hydrogens (tertiary/aromatic N) is 2. The van der Waals surface area contributed by atoms with Crippen molar-refractivity contribution in [1.29, 1.82) is 0 Å². The third kappa shape index (κ3) is 4.67. The van der Waals surface area contributed by atoms with E-state index in [0.29, 0.717) is 18.1 Å². The number of anilines is 1. The number of benzene rings is 1. The van der Waals surface area contributed by atoms with Crippen LogP contribution in [-0.4, -0.2) is 28.4 Å². The van der Waals surface area contributed by atoms with E-state index in [1.807, 2.05) is 37.3 Å². The molecule has 6 heteroatoms. The smallest absolute Gasteiger partial charge is 0.227 e. The molecule has 0 aliphatic carbocycles. The summed E-state index contributed by atoms with van der Waals surface area (Å²) in [6.45, 7) is 5.56. The van der Waals surface area contributed by atoms with Crippen LogP contribution in [0.4, 0.5) is 5.82 Å². The summed E-state index contributed by atoms with van der Waals surface area (Å²) < 4.78 is 4.90. The van der Waals surface area contributed by atoms with Gasteiger partial charge in [0.05, 0.1) is 6.04 Å². The van der Waals surface area contributed by atoms with Crippen molar-refractivity contribution in [1.82, 2.24) is 10.1 Å². The van der Waals surface area contributed by atoms with Gasteiger partial charge in [-0.2, -0.15) is 0 Å². The Morgan fingerprint density at radius 1 is 1.30 bits per heavy atom. The number of rotatable bonds is 6. The summed E-state index contributed by atoms with van der Waals surface area (Å²) in [5.41, 5.74) is 1.04. The molecule has 1 aromatic heterocycles. The Morgan fingerprint density at radius 2 is 2.00 bits per heavy atom. The minimum Gasteiger partial charge on any atom is -0.360 e. The summed E-state index contributed by atoms with van der Waals surface area (Å²) in [5, 5.41) is 6.37. The molecule has 0 radical (unpaired) electrons. The Bertz CT molecular complexity index is 667. The van der Waals surface area contributed by atoms with Crippen LogP contribution >= 0.6 is 0 Å². The minimum atomic E-state index is -0.204. The molecule has 0 bridgehead atoms. The van der Waals surface area contributed by atoms with Gasteiger partial charge in [-0.3, -0.25) is 9.59 Å². The third-order valence-corrected chi connectivity index (χ3v) is 3.63. The van der Waals surface area contributed by atoms with Gasteiger partial charge in [0.1, 0.15) is 5.76 Å². The maximum absolute atomic E-state index is 12.0. The first-order valence-electron chi connectivity index (χ1n) is 7.52. The van der Waals surface area contributed by atoms with Crippen LogP contribution in [0.2, 0.25) is 0 Å². The van der Waals surface area contributed by atoms with Gasteiger partial charge in [0.15, 0.2) is 5.82 Å². The van der Waals surface area contributed by atoms with Crippen molar-refractivity contribution < 1.29 is 14.1 Å². The molecule has 6 nitrogen and oxygen atoms in total. The summed E-state index contributed by atoms with van der Waals surface area (Å²) in [6.07, 6.45) is 0.197. The van der Waals surface area contributed by atoms with Crippen LogP contribution in [-0.2, 0) is 9.59 Å². The highest BCUT2D eigenvalue weighted by molar-refractivity contribution is 5.90. The normalized spacial score (nSPS) is 11.8. The fourth-order valence-electron chi connectivity index (χ4n) is 2.39. The van der Waals surface area contributed by atoms with Crippen LogP contribution in [0.3, 0.4) is 0 Å². The Morgan fingerprint density at radius 3 is 2.57 bits per heavy atom. The summed E-state index contributed by atoms with van der Waals surface area (Å²) >= 11 is 0. The number of carbonyl (C=O) groups excluding carboxylic acids is 2. The second-order valence-corrected chi connectivity index (χ2v) is 5.42. The van der Waals surface area contributed by atoms with E-state index < -0.39 is 0 Å². The molecule has 0 saturated carbocycles. The van der Waals surface area contributed by atoms with Crippen molar-refractivity contribution in [2.24, 2.45) is 0 Å². The maximum Gasteiger partial charge on any atom is 0.227 e. The molecule has 0 aliphatic rings. The summed E-state index contributed by atoms with van der Waals surface area (Å²) in [5.74, 6) is 0.748. The zero-order valence-corrected chi connectivity index (χ0v) is 13.6. The highest BCUT2D eigenvalue weighted by Crippen LogP contribution is 2.20. The molecule has 0 fully saturated rings. The summed E-state index contributed by atoms with van der Waals surface area (Å²) in [4.78, 5) is 25.6. The minimum absolute atomic E-state index is 0.0635. The quantitative estimate of drug-likeness (QED) is 0.889. The number of aryl methyl sites for hydroxylation is 1. The second kappa shape index (κ2) is 7.58. The van der Waals surface area contributed by atoms with Gasteiger partial charge < -0.3 is 14.7 Å². The van der Waals surface area contributed by atoms with Crippen molar-refractivity contribution in [3.8, 4) is 0 Å². The average Bonchev–Trinajstić information content (AvgIpc) is 2.92. The predicted octanol–water partition coefficient (Wildman–Crippen LogP) is 2.92. The number of hydrogen-bond acceptors (Lipinski definition) is 4. The fraction of sp³-hybridized carbons (Fsp3) is 0.353. The zero-order valence-electron chi connectivity index (χ0n) is 13.6. The molecule has 1 N–H and O–H groups in total. The van der Waals surface area contributed by atoms with Crippen LogP contribution in [0, 0.1) is 6.92 Å². The standard InChI is InChI=1S/C17H21N3O3/c1-12-11-16(19-23-12)18-17(22)9-10-20(14(3)21)13(2)15-7-5-4-6-8-15/h4-8,11,13H,9-10H2,1-3H3,(H,18,19,22). The number of amides is 2. The first-order valence-corrected chi connectivity index (χ1v) is 7.52. The van der Waals surface area contributed by atoms with Gasteiger partial charge in [-0.05, 0) is 19.4 Å². The number of nitrogens with one attached hydrogen (secondary N) is 1. The lowest BCUT2D eigenvalue weighted by Gasteiger charge is -2.28. The first-order chi connectivity index (χ1) is 11.0. The van der Waals surface area contributed by atoms with E-state index >= 15 is 0 Å². The molecular weight excluding hydrogens is 294 g/mol. The maximum atomic E-state index is 12.0. The van der Waals surface area contributed by atoms with Crippen molar-refractivity contribution in [2.45, 2.75) is 33.2 Å². The average molecular weight is 315 g/mol. The monoisotopic (exact) mass is 315 g/mol. The molecule has 2 amide bonds. The molecule has 0 saturated heterocycles. The number of aromatic nitrogens is 1. The van der Waals surface area contributed by atoms with Crippen molar-refractivity contribution in [3.05, 3.63) is 47.7 Å². The Hall–Kier alpha value is -2.63. The largest absolute Gasteiger partial charge is 0.360 e. The molecule has 122 valence electrons. The topological polar surface area (TPSA) is 75.4 Å². The molecule has 1 aromatic carbocycles. The lowest BCUT2D eigenvalue weighted by molar-refractivity contribution is -0.131. The van der Waals surface area contributed by atoms with Gasteiger partial charge in [-0.15, -0.1) is 0 Å². The van der Waals surface area contributed by atoms with Gasteiger partial charge in [0.2, 0.25) is 11.8 Å². The Kier molecular flexibility index (Phi) is 5.51. The van der Waals surface area contributed by atoms with Crippen LogP contribution in [0.5, 0.6) is 0 Å². The van der Waals surface area contributed by atoms with Gasteiger partial charge in [-0.1, -0.05) is 35.5 Å². The Labute approximate surface area is 135 Å². The lowest BCUT2D eigenvalue weighted by Crippen LogP contribution is -2.34. The summed E-state index contributed by atoms with van der Waals surface area (Å²) in [6, 6.07) is 11.3. The molecule has 23 heavy (non-hydrogen) atoms. The number of carbonyl (C=O) groups is 2. The van der Waals surface area contributed by atoms with Crippen LogP contribution in [0.15, 0.2) is 40.9 Å². The van der Waals surface area contributed by atoms with E-state index in [2.05, 4.69) is 10.5 Å². The molecule has 1 heterocycles. The van der Waals surface area contributed by atoms with Gasteiger partial charge >= 0.3 is 0 Å². The lowest BCUT2D eigenvalue weighted by atomic mass is 10.1. The van der Waals surface area contributed by atoms with Gasteiger partial charge in [0, 0.05) is 26.0 Å². The van der Waals surface area contributed by atoms with E-state index in [4.69, 9.17) is 4.52 Å². The van der Waals surface area contributed by atoms with Crippen LogP contribution in [0.1, 0.15) is 37.6 Å². The SMILES string of the molecule is CC(=O)N(CCC(=O)Nc1cc(C)on1)C(C)c1ccccc1. The van der Waals surface area contributed by atoms with Crippen LogP contribution < -0.4 is 5.32 Å². The first kappa shape index (κ1) is 16.7. The molecule has 0 aliphatic heterocycles. The van der Waals surface area contributed by atoms with Crippen molar-refractivity contribution in [3.63, 3.8) is 0 Å². The highest BCUT2D eigenvalue weighted by Gasteiger charge is 2.19. The molecular formula is C17H21N3O3. The highest BCUT2D eigenvalue weighted by atomic mass is 16.5. The number of hydrogen-bond donors (Lipinski definition) is 1. The van der Waals surface area contributed by atoms with E-state index in [0.717, 1.165) is 5.56 Å². The summed E-state index contributed by atoms with van der Waals surface area (Å²) in [7, 11) is 0. The van der Waals surface area contributed by atoms with E-state index in [1.54, 1.807) is 17.9 Å². The molecule has 2 rings (SSSR count). The molecule has 1 atom stereocenters. The van der Waals surface area contributed by atoms with E-state index in [9.17, 15) is 9.59 Å². The zero-order chi connectivity index (χ0) is 16.8. The van der Waals surface area contributed by atoms with Crippen molar-refractivity contribution in [2.75, 3.05) is 11.9 Å². The Balaban J connectivity index is 1.94. The third-order valence-electron chi connectivity index (χ3n) is 3.63. The second-order valence-electron chi connectivity index (χ2n) is 5.42. The molecule has 0 spiro atoms. The predicted molar refractivity (Wildman–Crippen MR) is 86.7 cm³/mol. The van der Waals surface area contributed by atoms with E-state index in [-0.39, 0.29) is 24.3 Å². The van der Waals surface area contributed by atoms with E-state index in [1.165, 1.54) is 6.92 Å². The fourth-order valence-corrected chi connectivity index (χ4v) is 2.39. The van der Waals surface area contributed by atoms with Gasteiger partial charge in [0.25, 0.3) is 0 Å². The van der Waals surface area contributed by atoms with Crippen LogP contribution in [0.25, 0.3) is 0 Å². The molecule has 1 unspecified atom stereocenters. The van der Waals surface area contributed by atoms with Crippen molar-refractivity contribution >= 4 is 17.6 Å². The van der Waals surface area contributed by atoms with Gasteiger partial charge in [-0.25, -0.2) is 0 Å².